The van der Waals surface area contributed by atoms with Crippen molar-refractivity contribution in [2.24, 2.45) is 0 Å². The van der Waals surface area contributed by atoms with E-state index in [1.54, 1.807) is 0 Å². The highest BCUT2D eigenvalue weighted by Gasteiger charge is 2.65. The van der Waals surface area contributed by atoms with Gasteiger partial charge in [-0.2, -0.15) is 0 Å². The summed E-state index contributed by atoms with van der Waals surface area (Å²) in [5.74, 6) is -6.75. The Bertz CT molecular complexity index is 469. The molecule has 6 nitrogen and oxygen atoms in total. The van der Waals surface area contributed by atoms with Crippen molar-refractivity contribution >= 4 is 14.3 Å². The van der Waals surface area contributed by atoms with Crippen molar-refractivity contribution in [1.29, 1.82) is 0 Å². The summed E-state index contributed by atoms with van der Waals surface area (Å²) in [6, 6.07) is 0. The number of hydrogen-bond donors (Lipinski definition) is 4. The molecule has 0 aromatic rings. The lowest BCUT2D eigenvalue weighted by atomic mass is 10.0. The molecule has 3 rings (SSSR count). The van der Waals surface area contributed by atoms with Crippen LogP contribution in [0.5, 0.6) is 0 Å². The predicted molar refractivity (Wildman–Crippen MR) is 93.0 cm³/mol. The predicted octanol–water partition coefficient (Wildman–Crippen LogP) is 2.67. The fourth-order valence-electron chi connectivity index (χ4n) is 4.98. The topological polar surface area (TPSA) is 115 Å². The quantitative estimate of drug-likeness (QED) is 0.548. The monoisotopic (exact) mass is 380 g/mol. The van der Waals surface area contributed by atoms with Crippen molar-refractivity contribution in [3.8, 4) is 0 Å². The smallest absolute Gasteiger partial charge is 0.151 e. The Morgan fingerprint density at radius 2 is 0.750 bits per heavy atom. The molecule has 4 atom stereocenters. The lowest BCUT2D eigenvalue weighted by Crippen LogP contribution is -2.49. The van der Waals surface area contributed by atoms with Crippen molar-refractivity contribution in [2.45, 2.75) is 98.9 Å². The molecule has 0 bridgehead atoms. The van der Waals surface area contributed by atoms with E-state index >= 15 is 0 Å². The number of rotatable bonds is 2. The van der Waals surface area contributed by atoms with Crippen molar-refractivity contribution in [3.63, 3.8) is 0 Å². The fourth-order valence-corrected chi connectivity index (χ4v) is 13.8. The minimum Gasteiger partial charge on any atom is -0.382 e. The fraction of sp³-hybridized carbons (Fsp3) is 1.00. The Morgan fingerprint density at radius 3 is 1.00 bits per heavy atom. The van der Waals surface area contributed by atoms with Crippen LogP contribution in [0, 0.1) is 0 Å². The van der Waals surface area contributed by atoms with Gasteiger partial charge < -0.3 is 29.6 Å². The molecule has 0 amide bonds. The Kier molecular flexibility index (Phi) is 5.67. The van der Waals surface area contributed by atoms with E-state index in [-0.39, 0.29) is 0 Å². The van der Waals surface area contributed by atoms with E-state index in [2.05, 4.69) is 0 Å². The lowest BCUT2D eigenvalue weighted by molar-refractivity contribution is 0.0583. The van der Waals surface area contributed by atoms with Crippen LogP contribution in [0.3, 0.4) is 0 Å². The van der Waals surface area contributed by atoms with Gasteiger partial charge in [0.1, 0.15) is 23.4 Å². The first kappa shape index (κ1) is 19.1. The zero-order valence-corrected chi connectivity index (χ0v) is 15.8. The molecule has 0 radical (unpaired) electrons. The first-order valence-electron chi connectivity index (χ1n) is 9.25. The Morgan fingerprint density at radius 1 is 0.500 bits per heavy atom. The van der Waals surface area contributed by atoms with Gasteiger partial charge in [0, 0.05) is 11.3 Å². The van der Waals surface area contributed by atoms with Crippen LogP contribution in [0.2, 0.25) is 0 Å². The van der Waals surface area contributed by atoms with E-state index in [0.717, 1.165) is 38.5 Å². The lowest BCUT2D eigenvalue weighted by Gasteiger charge is -2.49. The Hall–Kier alpha value is 0.300. The van der Waals surface area contributed by atoms with Crippen molar-refractivity contribution in [3.05, 3.63) is 0 Å². The van der Waals surface area contributed by atoms with Crippen molar-refractivity contribution in [2.75, 3.05) is 0 Å². The third-order valence-electron chi connectivity index (χ3n) is 6.48. The van der Waals surface area contributed by atoms with Gasteiger partial charge in [-0.05, 0) is 25.7 Å². The first-order valence-corrected chi connectivity index (χ1v) is 13.1. The highest BCUT2D eigenvalue weighted by atomic mass is 31.2. The van der Waals surface area contributed by atoms with Crippen LogP contribution in [0.1, 0.15) is 64.2 Å². The molecule has 4 unspecified atom stereocenters. The van der Waals surface area contributed by atoms with Crippen LogP contribution in [0.15, 0.2) is 0 Å². The summed E-state index contributed by atoms with van der Waals surface area (Å²) in [6.07, 6.45) is 7.93. The van der Waals surface area contributed by atoms with Crippen molar-refractivity contribution in [1.82, 2.24) is 0 Å². The molecule has 0 aromatic heterocycles. The molecule has 140 valence electrons. The highest BCUT2D eigenvalue weighted by molar-refractivity contribution is 7.73. The normalized spacial score (nSPS) is 49.2. The van der Waals surface area contributed by atoms with E-state index < -0.39 is 49.0 Å². The average Bonchev–Trinajstić information content (AvgIpc) is 2.64. The molecular formula is C16H30O6P2. The third-order valence-corrected chi connectivity index (χ3v) is 14.7. The van der Waals surface area contributed by atoms with E-state index in [0.29, 0.717) is 25.7 Å². The van der Waals surface area contributed by atoms with Gasteiger partial charge >= 0.3 is 0 Å². The zero-order chi connectivity index (χ0) is 17.5. The van der Waals surface area contributed by atoms with E-state index in [4.69, 9.17) is 0 Å². The maximum Gasteiger partial charge on any atom is 0.151 e. The summed E-state index contributed by atoms with van der Waals surface area (Å²) in [5.41, 5.74) is -0.804. The molecule has 3 aliphatic rings. The molecular weight excluding hydrogens is 350 g/mol. The van der Waals surface area contributed by atoms with Gasteiger partial charge in [-0.15, -0.1) is 0 Å². The van der Waals surface area contributed by atoms with Crippen molar-refractivity contribution < 1.29 is 29.6 Å². The van der Waals surface area contributed by atoms with Crippen LogP contribution in [0.25, 0.3) is 0 Å². The SMILES string of the molecule is O=P1(C2CCCCC2)C(O)C(O)P(=O)(C2CCCCC2)C(O)C1O. The molecule has 24 heavy (non-hydrogen) atoms. The maximum absolute atomic E-state index is 13.5. The molecule has 4 N–H and O–H groups in total. The molecule has 3 fully saturated rings. The van der Waals surface area contributed by atoms with Gasteiger partial charge in [0.15, 0.2) is 14.3 Å². The second-order valence-electron chi connectivity index (χ2n) is 7.77. The van der Waals surface area contributed by atoms with Crippen LogP contribution in [-0.4, -0.2) is 55.1 Å². The van der Waals surface area contributed by atoms with E-state index in [9.17, 15) is 29.6 Å². The molecule has 8 heteroatoms. The van der Waals surface area contributed by atoms with Gasteiger partial charge in [-0.25, -0.2) is 0 Å². The summed E-state index contributed by atoms with van der Waals surface area (Å²) < 4.78 is 27.0. The molecule has 2 aliphatic carbocycles. The molecule has 1 aliphatic heterocycles. The minimum atomic E-state index is -3.68. The first-order chi connectivity index (χ1) is 11.3. The van der Waals surface area contributed by atoms with Gasteiger partial charge in [-0.1, -0.05) is 38.5 Å². The number of aliphatic hydroxyl groups excluding tert-OH is 4. The van der Waals surface area contributed by atoms with Crippen LogP contribution >= 0.6 is 14.3 Å². The summed E-state index contributed by atoms with van der Waals surface area (Å²) in [4.78, 5) is 0. The molecule has 1 saturated heterocycles. The summed E-state index contributed by atoms with van der Waals surface area (Å²) in [5, 5.41) is 42.6. The van der Waals surface area contributed by atoms with Gasteiger partial charge in [0.25, 0.3) is 0 Å². The molecule has 0 spiro atoms. The van der Waals surface area contributed by atoms with Gasteiger partial charge in [-0.3, -0.25) is 0 Å². The second-order valence-corrected chi connectivity index (χ2v) is 14.4. The van der Waals surface area contributed by atoms with E-state index in [1.165, 1.54) is 0 Å². The average molecular weight is 380 g/mol. The standard InChI is InChI=1S/C16H30O6P2/c17-13-15(19)24(22,12-9-5-2-6-10-12)16(20)14(18)23(13,21)11-7-3-1-4-8-11/h11-20H,1-10H2. The van der Waals surface area contributed by atoms with Gasteiger partial charge in [0.05, 0.1) is 0 Å². The summed E-state index contributed by atoms with van der Waals surface area (Å²) in [6.45, 7) is 0. The number of hydrogen-bond acceptors (Lipinski definition) is 6. The Balaban J connectivity index is 1.93. The molecule has 2 saturated carbocycles. The highest BCUT2D eigenvalue weighted by Crippen LogP contribution is 2.77. The number of aliphatic hydroxyl groups is 4. The van der Waals surface area contributed by atoms with Crippen LogP contribution in [0.4, 0.5) is 0 Å². The van der Waals surface area contributed by atoms with E-state index in [1.807, 2.05) is 0 Å². The third kappa shape index (κ3) is 2.78. The zero-order valence-electron chi connectivity index (χ0n) is 14.0. The molecule has 0 aromatic carbocycles. The maximum atomic E-state index is 13.5. The second kappa shape index (κ2) is 7.13. The Labute approximate surface area is 143 Å². The summed E-state index contributed by atoms with van der Waals surface area (Å²) in [7, 11) is -7.35. The van der Waals surface area contributed by atoms with Crippen LogP contribution in [-0.2, 0) is 9.13 Å². The van der Waals surface area contributed by atoms with Gasteiger partial charge in [0.2, 0.25) is 0 Å². The van der Waals surface area contributed by atoms with Crippen LogP contribution < -0.4 is 0 Å². The molecule has 1 heterocycles. The summed E-state index contributed by atoms with van der Waals surface area (Å²) >= 11 is 0. The largest absolute Gasteiger partial charge is 0.382 e. The minimum absolute atomic E-state index is 0.402.